The normalized spacial score (nSPS) is 13.3. The molecular weight excluding hydrogens is 248 g/mol. The van der Waals surface area contributed by atoms with Crippen molar-refractivity contribution in [3.63, 3.8) is 0 Å². The molecular formula is C12H20N4OS. The molecule has 1 atom stereocenters. The van der Waals surface area contributed by atoms with E-state index >= 15 is 0 Å². The monoisotopic (exact) mass is 268 g/mol. The lowest BCUT2D eigenvalue weighted by Crippen LogP contribution is -2.11. The quantitative estimate of drug-likeness (QED) is 0.848. The molecule has 0 aliphatic carbocycles. The van der Waals surface area contributed by atoms with Gasteiger partial charge in [-0.15, -0.1) is 0 Å². The summed E-state index contributed by atoms with van der Waals surface area (Å²) in [4.78, 5) is 3.26. The number of imidazole rings is 1. The second-order valence-corrected chi connectivity index (χ2v) is 4.92. The number of hydrogen-bond acceptors (Lipinski definition) is 3. The minimum atomic E-state index is 0.299. The predicted octanol–water partition coefficient (Wildman–Crippen LogP) is 2.82. The Morgan fingerprint density at radius 1 is 1.50 bits per heavy atom. The lowest BCUT2D eigenvalue weighted by atomic mass is 10.2. The van der Waals surface area contributed by atoms with Crippen molar-refractivity contribution in [1.82, 2.24) is 19.3 Å². The van der Waals surface area contributed by atoms with Gasteiger partial charge in [0, 0.05) is 26.3 Å². The average Bonchev–Trinajstić information content (AvgIpc) is 2.83. The third-order valence-electron chi connectivity index (χ3n) is 3.26. The molecule has 0 amide bonds. The van der Waals surface area contributed by atoms with E-state index in [0.717, 1.165) is 41.2 Å². The van der Waals surface area contributed by atoms with Crippen LogP contribution in [0, 0.1) is 11.7 Å². The number of aromatic nitrogens is 4. The van der Waals surface area contributed by atoms with Crippen LogP contribution in [0.5, 0.6) is 0 Å². The highest BCUT2D eigenvalue weighted by atomic mass is 32.1. The van der Waals surface area contributed by atoms with E-state index in [4.69, 9.17) is 17.0 Å². The van der Waals surface area contributed by atoms with E-state index in [-0.39, 0.29) is 0 Å². The van der Waals surface area contributed by atoms with Crippen LogP contribution in [-0.2, 0) is 11.3 Å². The third-order valence-corrected chi connectivity index (χ3v) is 3.56. The van der Waals surface area contributed by atoms with Gasteiger partial charge in [-0.2, -0.15) is 5.10 Å². The summed E-state index contributed by atoms with van der Waals surface area (Å²) in [5, 5.41) is 4.52. The number of rotatable bonds is 5. The van der Waals surface area contributed by atoms with Gasteiger partial charge in [-0.05, 0) is 39.4 Å². The summed E-state index contributed by atoms with van der Waals surface area (Å²) in [7, 11) is 1.72. The number of fused-ring (bicyclic) bond motifs is 1. The van der Waals surface area contributed by atoms with Crippen LogP contribution in [0.4, 0.5) is 0 Å². The predicted molar refractivity (Wildman–Crippen MR) is 74.5 cm³/mol. The van der Waals surface area contributed by atoms with Crippen LogP contribution in [0.3, 0.4) is 0 Å². The van der Waals surface area contributed by atoms with Crippen LogP contribution in [-0.4, -0.2) is 33.0 Å². The van der Waals surface area contributed by atoms with Crippen molar-refractivity contribution < 1.29 is 4.74 Å². The molecule has 1 unspecified atom stereocenters. The molecule has 0 aliphatic rings. The molecule has 0 fully saturated rings. The number of hydrogen-bond donors (Lipinski definition) is 1. The lowest BCUT2D eigenvalue weighted by molar-refractivity contribution is 0.181. The van der Waals surface area contributed by atoms with Gasteiger partial charge in [-0.25, -0.2) is 4.68 Å². The molecule has 0 radical (unpaired) electrons. The van der Waals surface area contributed by atoms with Crippen molar-refractivity contribution in [3.8, 4) is 0 Å². The number of H-pyrrole nitrogens is 1. The van der Waals surface area contributed by atoms with Gasteiger partial charge in [0.1, 0.15) is 5.52 Å². The molecule has 100 valence electrons. The largest absolute Gasteiger partial charge is 0.385 e. The van der Waals surface area contributed by atoms with Gasteiger partial charge in [0.15, 0.2) is 10.4 Å². The number of ether oxygens (including phenoxy) is 1. The van der Waals surface area contributed by atoms with Crippen LogP contribution >= 0.6 is 12.2 Å². The van der Waals surface area contributed by atoms with Crippen LogP contribution in [0.25, 0.3) is 11.2 Å². The van der Waals surface area contributed by atoms with Crippen molar-refractivity contribution >= 4 is 23.4 Å². The van der Waals surface area contributed by atoms with E-state index in [1.165, 1.54) is 0 Å². The Balaban J connectivity index is 2.55. The molecule has 5 nitrogen and oxygen atoms in total. The molecule has 6 heteroatoms. The van der Waals surface area contributed by atoms with Gasteiger partial charge >= 0.3 is 0 Å². The lowest BCUT2D eigenvalue weighted by Gasteiger charge is -2.14. The number of methoxy groups -OCH3 is 1. The van der Waals surface area contributed by atoms with Gasteiger partial charge in [-0.3, -0.25) is 4.57 Å². The Kier molecular flexibility index (Phi) is 3.87. The van der Waals surface area contributed by atoms with Crippen molar-refractivity contribution in [1.29, 1.82) is 0 Å². The first-order valence-electron chi connectivity index (χ1n) is 6.26. The number of nitrogens with zero attached hydrogens (tertiary/aromatic N) is 3. The van der Waals surface area contributed by atoms with Crippen LogP contribution < -0.4 is 0 Å². The fourth-order valence-electron chi connectivity index (χ4n) is 2.27. The van der Waals surface area contributed by atoms with Gasteiger partial charge in [-0.1, -0.05) is 0 Å². The second kappa shape index (κ2) is 5.24. The van der Waals surface area contributed by atoms with E-state index in [2.05, 4.69) is 28.5 Å². The van der Waals surface area contributed by atoms with E-state index in [1.54, 1.807) is 7.11 Å². The summed E-state index contributed by atoms with van der Waals surface area (Å²) in [6.45, 7) is 7.82. The Morgan fingerprint density at radius 3 is 2.83 bits per heavy atom. The van der Waals surface area contributed by atoms with Gasteiger partial charge in [0.2, 0.25) is 0 Å². The molecule has 0 saturated carbocycles. The fourth-order valence-corrected chi connectivity index (χ4v) is 2.64. The molecule has 1 N–H and O–H groups in total. The van der Waals surface area contributed by atoms with Gasteiger partial charge < -0.3 is 9.72 Å². The maximum absolute atomic E-state index is 5.43. The average molecular weight is 268 g/mol. The van der Waals surface area contributed by atoms with E-state index < -0.39 is 0 Å². The molecule has 0 aliphatic heterocycles. The maximum atomic E-state index is 5.43. The smallest absolute Gasteiger partial charge is 0.179 e. The van der Waals surface area contributed by atoms with E-state index in [1.807, 2.05) is 11.6 Å². The molecule has 2 rings (SSSR count). The zero-order valence-corrected chi connectivity index (χ0v) is 12.2. The highest BCUT2D eigenvalue weighted by molar-refractivity contribution is 7.71. The maximum Gasteiger partial charge on any atom is 0.179 e. The Bertz CT molecular complexity index is 595. The van der Waals surface area contributed by atoms with Crippen LogP contribution in [0.2, 0.25) is 0 Å². The summed E-state index contributed by atoms with van der Waals surface area (Å²) >= 11 is 5.43. The minimum absolute atomic E-state index is 0.299. The molecule has 2 heterocycles. The molecule has 0 bridgehead atoms. The first-order chi connectivity index (χ1) is 8.60. The minimum Gasteiger partial charge on any atom is -0.385 e. The molecule has 0 spiro atoms. The zero-order valence-electron chi connectivity index (χ0n) is 11.4. The van der Waals surface area contributed by atoms with Crippen molar-refractivity contribution in [3.05, 3.63) is 10.5 Å². The summed E-state index contributed by atoms with van der Waals surface area (Å²) in [5.74, 6) is 0. The summed E-state index contributed by atoms with van der Waals surface area (Å²) in [6.07, 6.45) is 0.936. The second-order valence-electron chi connectivity index (χ2n) is 4.53. The summed E-state index contributed by atoms with van der Waals surface area (Å²) in [5.41, 5.74) is 3.13. The molecule has 18 heavy (non-hydrogen) atoms. The number of aromatic amines is 1. The number of aryl methyl sites for hydroxylation is 2. The van der Waals surface area contributed by atoms with Gasteiger partial charge in [0.05, 0.1) is 5.69 Å². The van der Waals surface area contributed by atoms with Crippen molar-refractivity contribution in [2.24, 2.45) is 0 Å². The SMILES string of the molecule is CCn1nc(C)c2[nH]c(=S)n(C(C)CCOC)c21. The molecule has 2 aromatic rings. The highest BCUT2D eigenvalue weighted by Crippen LogP contribution is 2.23. The highest BCUT2D eigenvalue weighted by Gasteiger charge is 2.17. The first-order valence-corrected chi connectivity index (χ1v) is 6.67. The van der Waals surface area contributed by atoms with E-state index in [0.29, 0.717) is 6.04 Å². The fraction of sp³-hybridized carbons (Fsp3) is 0.667. The van der Waals surface area contributed by atoms with Crippen molar-refractivity contribution in [2.45, 2.75) is 39.8 Å². The molecule has 0 saturated heterocycles. The Morgan fingerprint density at radius 2 is 2.22 bits per heavy atom. The summed E-state index contributed by atoms with van der Waals surface area (Å²) in [6, 6.07) is 0.299. The van der Waals surface area contributed by atoms with Crippen molar-refractivity contribution in [2.75, 3.05) is 13.7 Å². The van der Waals surface area contributed by atoms with E-state index in [9.17, 15) is 0 Å². The van der Waals surface area contributed by atoms with Crippen LogP contribution in [0.1, 0.15) is 32.0 Å². The Labute approximate surface area is 112 Å². The van der Waals surface area contributed by atoms with Gasteiger partial charge in [0.25, 0.3) is 0 Å². The third kappa shape index (κ3) is 2.10. The zero-order chi connectivity index (χ0) is 13.3. The Hall–Kier alpha value is -1.14. The first kappa shape index (κ1) is 13.3. The van der Waals surface area contributed by atoms with Crippen LogP contribution in [0.15, 0.2) is 0 Å². The molecule has 2 aromatic heterocycles. The topological polar surface area (TPSA) is 47.8 Å². The summed E-state index contributed by atoms with van der Waals surface area (Å²) < 4.78 is 10.1. The standard InChI is InChI=1S/C12H20N4OS/c1-5-15-11-10(9(3)14-15)13-12(18)16(11)8(2)6-7-17-4/h8H,5-7H2,1-4H3,(H,13,18). The molecule has 0 aromatic carbocycles. The number of nitrogens with one attached hydrogen (secondary N) is 1.